The molecule has 0 spiro atoms. The molecule has 0 saturated heterocycles. The van der Waals surface area contributed by atoms with Gasteiger partial charge in [0.15, 0.2) is 4.77 Å². The van der Waals surface area contributed by atoms with E-state index in [1.54, 1.807) is 6.07 Å². The number of aromatic nitrogens is 2. The van der Waals surface area contributed by atoms with Crippen LogP contribution in [0, 0.1) is 11.7 Å². The Morgan fingerprint density at radius 2 is 2.44 bits per heavy atom. The smallest absolute Gasteiger partial charge is 0.198 e. The lowest BCUT2D eigenvalue weighted by Gasteiger charge is -1.92. The Hall–Kier alpha value is -0.900. The van der Waals surface area contributed by atoms with Gasteiger partial charge in [0.2, 0.25) is 0 Å². The van der Waals surface area contributed by atoms with Crippen LogP contribution in [0.15, 0.2) is 6.07 Å². The van der Waals surface area contributed by atoms with Gasteiger partial charge in [-0.15, -0.1) is 0 Å². The fraction of sp³-hybridized carbons (Fsp3) is 0.200. The van der Waals surface area contributed by atoms with Gasteiger partial charge in [0.25, 0.3) is 0 Å². The van der Waals surface area contributed by atoms with Gasteiger partial charge in [-0.05, 0) is 25.2 Å². The number of hydrogen-bond acceptors (Lipinski definition) is 3. The van der Waals surface area contributed by atoms with Crippen LogP contribution in [0.2, 0.25) is 0 Å². The quantitative estimate of drug-likeness (QED) is 0.530. The van der Waals surface area contributed by atoms with E-state index in [1.807, 2.05) is 6.92 Å². The zero-order chi connectivity index (χ0) is 6.85. The summed E-state index contributed by atoms with van der Waals surface area (Å²) in [5.74, 6) is 0.469. The minimum atomic E-state index is 0.438. The average molecular weight is 141 g/mol. The van der Waals surface area contributed by atoms with E-state index in [-0.39, 0.29) is 0 Å². The number of rotatable bonds is 0. The van der Waals surface area contributed by atoms with Gasteiger partial charge in [0.05, 0.1) is 0 Å². The number of aromatic amines is 1. The molecule has 0 aliphatic carbocycles. The highest BCUT2D eigenvalue weighted by Crippen LogP contribution is 1.96. The largest absolute Gasteiger partial charge is 0.384 e. The van der Waals surface area contributed by atoms with E-state index in [1.165, 1.54) is 0 Å². The van der Waals surface area contributed by atoms with Gasteiger partial charge in [0.1, 0.15) is 5.82 Å². The lowest BCUT2D eigenvalue weighted by molar-refractivity contribution is 1.08. The van der Waals surface area contributed by atoms with Crippen LogP contribution in [0.4, 0.5) is 5.82 Å². The van der Waals surface area contributed by atoms with Crippen LogP contribution in [0.5, 0.6) is 0 Å². The third-order valence-corrected chi connectivity index (χ3v) is 1.09. The predicted octanol–water partition coefficient (Wildman–Crippen LogP) is 1.03. The summed E-state index contributed by atoms with van der Waals surface area (Å²) in [5.41, 5.74) is 6.30. The van der Waals surface area contributed by atoms with Crippen molar-refractivity contribution in [2.45, 2.75) is 6.92 Å². The first-order valence-electron chi connectivity index (χ1n) is 2.52. The monoisotopic (exact) mass is 141 g/mol. The number of aryl methyl sites for hydroxylation is 1. The van der Waals surface area contributed by atoms with Gasteiger partial charge in [-0.3, -0.25) is 0 Å². The second-order valence-corrected chi connectivity index (χ2v) is 2.18. The molecule has 0 unspecified atom stereocenters. The Labute approximate surface area is 57.9 Å². The molecule has 0 aromatic carbocycles. The molecule has 0 amide bonds. The molecular formula is C5H7N3S. The summed E-state index contributed by atoms with van der Waals surface area (Å²) >= 11 is 4.74. The minimum absolute atomic E-state index is 0.438. The molecule has 48 valence electrons. The molecular weight excluding hydrogens is 134 g/mol. The van der Waals surface area contributed by atoms with Crippen molar-refractivity contribution in [1.29, 1.82) is 0 Å². The predicted molar refractivity (Wildman–Crippen MR) is 38.6 cm³/mol. The molecule has 0 saturated carbocycles. The number of nitrogen functional groups attached to an aromatic ring is 1. The van der Waals surface area contributed by atoms with Crippen molar-refractivity contribution >= 4 is 18.0 Å². The Balaban J connectivity index is 3.33. The molecule has 1 aromatic rings. The topological polar surface area (TPSA) is 54.7 Å². The van der Waals surface area contributed by atoms with E-state index < -0.39 is 0 Å². The normalized spacial score (nSPS) is 9.44. The third kappa shape index (κ3) is 1.50. The van der Waals surface area contributed by atoms with Crippen LogP contribution >= 0.6 is 12.2 Å². The highest BCUT2D eigenvalue weighted by molar-refractivity contribution is 7.71. The number of hydrogen-bond donors (Lipinski definition) is 2. The lowest BCUT2D eigenvalue weighted by Crippen LogP contribution is -1.93. The van der Waals surface area contributed by atoms with E-state index in [9.17, 15) is 0 Å². The molecule has 0 radical (unpaired) electrons. The van der Waals surface area contributed by atoms with Crippen molar-refractivity contribution in [3.8, 4) is 0 Å². The fourth-order valence-electron chi connectivity index (χ4n) is 0.604. The molecule has 1 heterocycles. The maximum atomic E-state index is 5.36. The Morgan fingerprint density at radius 1 is 1.78 bits per heavy atom. The van der Waals surface area contributed by atoms with E-state index in [2.05, 4.69) is 9.97 Å². The maximum absolute atomic E-state index is 5.36. The molecule has 3 N–H and O–H groups in total. The molecule has 0 aliphatic heterocycles. The molecule has 3 nitrogen and oxygen atoms in total. The van der Waals surface area contributed by atoms with Gasteiger partial charge in [-0.2, -0.15) is 0 Å². The molecule has 4 heteroatoms. The minimum Gasteiger partial charge on any atom is -0.384 e. The van der Waals surface area contributed by atoms with Crippen molar-refractivity contribution in [3.05, 3.63) is 16.5 Å². The van der Waals surface area contributed by atoms with Crippen LogP contribution in [0.3, 0.4) is 0 Å². The van der Waals surface area contributed by atoms with Crippen LogP contribution in [0.1, 0.15) is 5.69 Å². The summed E-state index contributed by atoms with van der Waals surface area (Å²) in [6, 6.07) is 1.73. The summed E-state index contributed by atoms with van der Waals surface area (Å²) in [6.45, 7) is 1.88. The van der Waals surface area contributed by atoms with E-state index >= 15 is 0 Å². The number of anilines is 1. The first kappa shape index (κ1) is 6.22. The molecule has 0 aliphatic rings. The van der Waals surface area contributed by atoms with Gasteiger partial charge in [-0.25, -0.2) is 4.98 Å². The van der Waals surface area contributed by atoms with E-state index in [0.717, 1.165) is 5.69 Å². The van der Waals surface area contributed by atoms with Crippen LogP contribution in [-0.2, 0) is 0 Å². The highest BCUT2D eigenvalue weighted by Gasteiger charge is 1.86. The summed E-state index contributed by atoms with van der Waals surface area (Å²) in [4.78, 5) is 6.61. The van der Waals surface area contributed by atoms with Gasteiger partial charge >= 0.3 is 0 Å². The molecule has 9 heavy (non-hydrogen) atoms. The molecule has 0 atom stereocenters. The number of nitrogens with two attached hydrogens (primary N) is 1. The standard InChI is InChI=1S/C5H7N3S/c1-3-2-4(6)8-5(9)7-3/h2H,1H3,(H3,6,7,8,9). The molecule has 0 fully saturated rings. The first-order valence-corrected chi connectivity index (χ1v) is 2.93. The SMILES string of the molecule is Cc1cc(N)nc(=S)[nH]1. The molecule has 0 bridgehead atoms. The summed E-state index contributed by atoms with van der Waals surface area (Å²) in [7, 11) is 0. The van der Waals surface area contributed by atoms with Crippen molar-refractivity contribution in [2.75, 3.05) is 5.73 Å². The number of nitrogens with one attached hydrogen (secondary N) is 1. The van der Waals surface area contributed by atoms with Crippen LogP contribution < -0.4 is 5.73 Å². The van der Waals surface area contributed by atoms with E-state index in [0.29, 0.717) is 10.6 Å². The van der Waals surface area contributed by atoms with Crippen molar-refractivity contribution in [1.82, 2.24) is 9.97 Å². The Kier molecular flexibility index (Phi) is 1.48. The van der Waals surface area contributed by atoms with E-state index in [4.69, 9.17) is 18.0 Å². The Bertz CT molecular complexity index is 242. The molecule has 1 rings (SSSR count). The van der Waals surface area contributed by atoms with Crippen molar-refractivity contribution < 1.29 is 0 Å². The van der Waals surface area contributed by atoms with Gasteiger partial charge in [-0.1, -0.05) is 0 Å². The van der Waals surface area contributed by atoms with Gasteiger partial charge < -0.3 is 10.7 Å². The fourth-order valence-corrected chi connectivity index (χ4v) is 0.870. The zero-order valence-electron chi connectivity index (χ0n) is 5.01. The summed E-state index contributed by atoms with van der Waals surface area (Å²) in [6.07, 6.45) is 0. The number of H-pyrrole nitrogens is 1. The van der Waals surface area contributed by atoms with Crippen LogP contribution in [0.25, 0.3) is 0 Å². The number of nitrogens with zero attached hydrogens (tertiary/aromatic N) is 1. The summed E-state index contributed by atoms with van der Waals surface area (Å²) < 4.78 is 0.438. The molecule has 1 aromatic heterocycles. The maximum Gasteiger partial charge on any atom is 0.198 e. The highest BCUT2D eigenvalue weighted by atomic mass is 32.1. The third-order valence-electron chi connectivity index (χ3n) is 0.899. The van der Waals surface area contributed by atoms with Crippen molar-refractivity contribution in [2.24, 2.45) is 0 Å². The van der Waals surface area contributed by atoms with Gasteiger partial charge in [0, 0.05) is 5.69 Å². The second-order valence-electron chi connectivity index (χ2n) is 1.79. The Morgan fingerprint density at radius 3 is 2.89 bits per heavy atom. The van der Waals surface area contributed by atoms with Crippen LogP contribution in [-0.4, -0.2) is 9.97 Å². The lowest BCUT2D eigenvalue weighted by atomic mass is 10.4. The average Bonchev–Trinajstić information content (AvgIpc) is 1.59. The summed E-state index contributed by atoms with van der Waals surface area (Å²) in [5, 5.41) is 0. The first-order chi connectivity index (χ1) is 4.18. The second kappa shape index (κ2) is 2.14. The zero-order valence-corrected chi connectivity index (χ0v) is 5.83. The van der Waals surface area contributed by atoms with Crippen molar-refractivity contribution in [3.63, 3.8) is 0 Å².